The molecular formula is C14H11Cl2N3. The van der Waals surface area contributed by atoms with E-state index in [0.29, 0.717) is 16.6 Å². The predicted octanol–water partition coefficient (Wildman–Crippen LogP) is 4.00. The lowest BCUT2D eigenvalue weighted by Crippen LogP contribution is -1.95. The van der Waals surface area contributed by atoms with E-state index in [2.05, 4.69) is 9.97 Å². The van der Waals surface area contributed by atoms with Crippen LogP contribution in [0.25, 0.3) is 22.4 Å². The SMILES string of the molecule is NCc1ccc2nc(-c3ccc(Cl)c(Cl)c3)[nH]c2c1. The number of hydrogen-bond acceptors (Lipinski definition) is 2. The summed E-state index contributed by atoms with van der Waals surface area (Å²) in [5, 5.41) is 1.05. The Hall–Kier alpha value is -1.55. The van der Waals surface area contributed by atoms with Gasteiger partial charge in [-0.3, -0.25) is 0 Å². The fraction of sp³-hybridized carbons (Fsp3) is 0.0714. The largest absolute Gasteiger partial charge is 0.338 e. The van der Waals surface area contributed by atoms with Crippen LogP contribution in [-0.4, -0.2) is 9.97 Å². The van der Waals surface area contributed by atoms with Gasteiger partial charge < -0.3 is 10.7 Å². The number of nitrogens with zero attached hydrogens (tertiary/aromatic N) is 1. The van der Waals surface area contributed by atoms with E-state index in [1.54, 1.807) is 12.1 Å². The highest BCUT2D eigenvalue weighted by Crippen LogP contribution is 2.28. The van der Waals surface area contributed by atoms with Crippen molar-refractivity contribution in [3.8, 4) is 11.4 Å². The second-order valence-corrected chi connectivity index (χ2v) is 5.08. The number of aromatic amines is 1. The van der Waals surface area contributed by atoms with Gasteiger partial charge in [0.05, 0.1) is 21.1 Å². The molecule has 1 heterocycles. The Morgan fingerprint density at radius 3 is 2.63 bits per heavy atom. The van der Waals surface area contributed by atoms with Gasteiger partial charge in [0.1, 0.15) is 5.82 Å². The minimum Gasteiger partial charge on any atom is -0.338 e. The zero-order chi connectivity index (χ0) is 13.4. The van der Waals surface area contributed by atoms with Crippen LogP contribution >= 0.6 is 23.2 Å². The van der Waals surface area contributed by atoms with Crippen molar-refractivity contribution in [1.29, 1.82) is 0 Å². The summed E-state index contributed by atoms with van der Waals surface area (Å²) in [5.74, 6) is 0.766. The first-order valence-electron chi connectivity index (χ1n) is 5.81. The van der Waals surface area contributed by atoms with Crippen molar-refractivity contribution >= 4 is 34.2 Å². The van der Waals surface area contributed by atoms with Gasteiger partial charge in [-0.1, -0.05) is 29.3 Å². The monoisotopic (exact) mass is 291 g/mol. The van der Waals surface area contributed by atoms with Crippen LogP contribution in [0.2, 0.25) is 10.0 Å². The van der Waals surface area contributed by atoms with Gasteiger partial charge in [-0.05, 0) is 35.9 Å². The molecule has 2 aromatic carbocycles. The number of imidazole rings is 1. The summed E-state index contributed by atoms with van der Waals surface area (Å²) < 4.78 is 0. The van der Waals surface area contributed by atoms with Crippen molar-refractivity contribution < 1.29 is 0 Å². The zero-order valence-corrected chi connectivity index (χ0v) is 11.5. The van der Waals surface area contributed by atoms with E-state index in [1.807, 2.05) is 24.3 Å². The van der Waals surface area contributed by atoms with Crippen LogP contribution in [-0.2, 0) is 6.54 Å². The van der Waals surface area contributed by atoms with E-state index in [1.165, 1.54) is 0 Å². The van der Waals surface area contributed by atoms with Crippen molar-refractivity contribution in [1.82, 2.24) is 9.97 Å². The smallest absolute Gasteiger partial charge is 0.138 e. The molecule has 19 heavy (non-hydrogen) atoms. The summed E-state index contributed by atoms with van der Waals surface area (Å²) in [4.78, 5) is 7.80. The molecule has 5 heteroatoms. The van der Waals surface area contributed by atoms with E-state index < -0.39 is 0 Å². The van der Waals surface area contributed by atoms with E-state index in [4.69, 9.17) is 28.9 Å². The lowest BCUT2D eigenvalue weighted by Gasteiger charge is -1.99. The molecule has 3 rings (SSSR count). The van der Waals surface area contributed by atoms with E-state index in [-0.39, 0.29) is 0 Å². The number of nitrogens with two attached hydrogens (primary N) is 1. The third kappa shape index (κ3) is 2.32. The Balaban J connectivity index is 2.11. The molecule has 0 spiro atoms. The average molecular weight is 292 g/mol. The van der Waals surface area contributed by atoms with Crippen LogP contribution in [0.5, 0.6) is 0 Å². The van der Waals surface area contributed by atoms with E-state index in [9.17, 15) is 0 Å². The van der Waals surface area contributed by atoms with Crippen LogP contribution in [0.3, 0.4) is 0 Å². The summed E-state index contributed by atoms with van der Waals surface area (Å²) in [6.45, 7) is 0.511. The Morgan fingerprint density at radius 2 is 1.89 bits per heavy atom. The molecular weight excluding hydrogens is 281 g/mol. The number of fused-ring (bicyclic) bond motifs is 1. The maximum Gasteiger partial charge on any atom is 0.138 e. The summed E-state index contributed by atoms with van der Waals surface area (Å²) in [6, 6.07) is 11.4. The zero-order valence-electron chi connectivity index (χ0n) is 9.95. The van der Waals surface area contributed by atoms with Crippen molar-refractivity contribution in [2.45, 2.75) is 6.54 Å². The number of rotatable bonds is 2. The Labute approximate surface area is 120 Å². The van der Waals surface area contributed by atoms with Crippen LogP contribution in [0.4, 0.5) is 0 Å². The number of halogens is 2. The molecule has 3 aromatic rings. The molecule has 0 bridgehead atoms. The van der Waals surface area contributed by atoms with Gasteiger partial charge in [0.25, 0.3) is 0 Å². The highest BCUT2D eigenvalue weighted by molar-refractivity contribution is 6.42. The molecule has 96 valence electrons. The average Bonchev–Trinajstić information content (AvgIpc) is 2.84. The van der Waals surface area contributed by atoms with Crippen molar-refractivity contribution in [2.75, 3.05) is 0 Å². The van der Waals surface area contributed by atoms with Crippen molar-refractivity contribution in [3.05, 3.63) is 52.0 Å². The fourth-order valence-corrected chi connectivity index (χ4v) is 2.26. The Morgan fingerprint density at radius 1 is 1.05 bits per heavy atom. The van der Waals surface area contributed by atoms with Crippen molar-refractivity contribution in [3.63, 3.8) is 0 Å². The predicted molar refractivity (Wildman–Crippen MR) is 79.4 cm³/mol. The first kappa shape index (κ1) is 12.5. The van der Waals surface area contributed by atoms with Gasteiger partial charge in [0.15, 0.2) is 0 Å². The summed E-state index contributed by atoms with van der Waals surface area (Å²) >= 11 is 11.9. The van der Waals surface area contributed by atoms with Crippen LogP contribution < -0.4 is 5.73 Å². The van der Waals surface area contributed by atoms with E-state index >= 15 is 0 Å². The lowest BCUT2D eigenvalue weighted by atomic mass is 10.2. The van der Waals surface area contributed by atoms with Gasteiger partial charge in [-0.15, -0.1) is 0 Å². The van der Waals surface area contributed by atoms with Gasteiger partial charge in [0.2, 0.25) is 0 Å². The Bertz CT molecular complexity index is 750. The first-order valence-corrected chi connectivity index (χ1v) is 6.57. The van der Waals surface area contributed by atoms with Crippen molar-refractivity contribution in [2.24, 2.45) is 5.73 Å². The molecule has 1 aromatic heterocycles. The Kier molecular flexibility index (Phi) is 3.19. The standard InChI is InChI=1S/C14H11Cl2N3/c15-10-3-2-9(6-11(10)16)14-18-12-4-1-8(7-17)5-13(12)19-14/h1-6H,7,17H2,(H,18,19). The van der Waals surface area contributed by atoms with Gasteiger partial charge in [-0.2, -0.15) is 0 Å². The third-order valence-electron chi connectivity index (χ3n) is 2.98. The minimum absolute atomic E-state index is 0.511. The van der Waals surface area contributed by atoms with E-state index in [0.717, 1.165) is 28.0 Å². The molecule has 0 aliphatic carbocycles. The van der Waals surface area contributed by atoms with Gasteiger partial charge in [-0.25, -0.2) is 4.98 Å². The normalized spacial score (nSPS) is 11.1. The molecule has 0 amide bonds. The van der Waals surface area contributed by atoms with Gasteiger partial charge >= 0.3 is 0 Å². The summed E-state index contributed by atoms with van der Waals surface area (Å²) in [6.07, 6.45) is 0. The highest BCUT2D eigenvalue weighted by atomic mass is 35.5. The maximum atomic E-state index is 6.02. The molecule has 0 saturated heterocycles. The number of nitrogens with one attached hydrogen (secondary N) is 1. The highest BCUT2D eigenvalue weighted by Gasteiger charge is 2.07. The minimum atomic E-state index is 0.511. The lowest BCUT2D eigenvalue weighted by molar-refractivity contribution is 1.07. The van der Waals surface area contributed by atoms with Crippen LogP contribution in [0.1, 0.15) is 5.56 Å². The van der Waals surface area contributed by atoms with Crippen LogP contribution in [0, 0.1) is 0 Å². The number of aromatic nitrogens is 2. The summed E-state index contributed by atoms with van der Waals surface area (Å²) in [5.41, 5.74) is 9.46. The molecule has 0 fully saturated rings. The summed E-state index contributed by atoms with van der Waals surface area (Å²) in [7, 11) is 0. The molecule has 0 aliphatic heterocycles. The van der Waals surface area contributed by atoms with Gasteiger partial charge in [0, 0.05) is 12.1 Å². The first-order chi connectivity index (χ1) is 9.17. The topological polar surface area (TPSA) is 54.7 Å². The molecule has 0 radical (unpaired) electrons. The van der Waals surface area contributed by atoms with Crippen LogP contribution in [0.15, 0.2) is 36.4 Å². The molecule has 0 atom stereocenters. The second-order valence-electron chi connectivity index (χ2n) is 4.27. The maximum absolute atomic E-state index is 6.02. The number of H-pyrrole nitrogens is 1. The molecule has 0 aliphatic rings. The third-order valence-corrected chi connectivity index (χ3v) is 3.71. The second kappa shape index (κ2) is 4.85. The fourth-order valence-electron chi connectivity index (χ4n) is 1.96. The molecule has 3 nitrogen and oxygen atoms in total. The quantitative estimate of drug-likeness (QED) is 0.750. The molecule has 0 unspecified atom stereocenters. The molecule has 0 saturated carbocycles. The number of hydrogen-bond donors (Lipinski definition) is 2. The molecule has 3 N–H and O–H groups in total. The number of benzene rings is 2.